The molecule has 3 unspecified atom stereocenters. The Labute approximate surface area is 119 Å². The molecule has 1 aliphatic rings. The van der Waals surface area contributed by atoms with Gasteiger partial charge in [-0.05, 0) is 32.6 Å². The maximum absolute atomic E-state index is 9.49. The van der Waals surface area contributed by atoms with Gasteiger partial charge in [0.1, 0.15) is 12.1 Å². The van der Waals surface area contributed by atoms with Gasteiger partial charge in [0.25, 0.3) is 0 Å². The van der Waals surface area contributed by atoms with Gasteiger partial charge in [0.15, 0.2) is 0 Å². The Balaban J connectivity index is 2.12. The van der Waals surface area contributed by atoms with Gasteiger partial charge < -0.3 is 20.1 Å². The van der Waals surface area contributed by atoms with Crippen LogP contribution in [0.15, 0.2) is 4.52 Å². The van der Waals surface area contributed by atoms with Crippen LogP contribution >= 0.6 is 0 Å². The first-order valence-corrected chi connectivity index (χ1v) is 7.52. The van der Waals surface area contributed by atoms with Gasteiger partial charge in [0, 0.05) is 6.61 Å². The third-order valence-corrected chi connectivity index (χ3v) is 3.94. The number of hydrogen-bond acceptors (Lipinski definition) is 6. The lowest BCUT2D eigenvalue weighted by Gasteiger charge is -2.27. The minimum absolute atomic E-state index is 0.126. The van der Waals surface area contributed by atoms with E-state index < -0.39 is 12.1 Å². The topological polar surface area (TPSA) is 94.4 Å². The second kappa shape index (κ2) is 7.15. The van der Waals surface area contributed by atoms with Gasteiger partial charge in [-0.2, -0.15) is 4.98 Å². The van der Waals surface area contributed by atoms with Crippen LogP contribution < -0.4 is 5.73 Å². The Bertz CT molecular complexity index is 402. The summed E-state index contributed by atoms with van der Waals surface area (Å²) in [5, 5.41) is 13.5. The second-order valence-electron chi connectivity index (χ2n) is 5.53. The maximum atomic E-state index is 9.49. The molecule has 3 atom stereocenters. The predicted molar refractivity (Wildman–Crippen MR) is 73.8 cm³/mol. The van der Waals surface area contributed by atoms with E-state index in [1.54, 1.807) is 6.92 Å². The summed E-state index contributed by atoms with van der Waals surface area (Å²) >= 11 is 0. The molecule has 0 spiro atoms. The van der Waals surface area contributed by atoms with Crippen molar-refractivity contribution in [1.82, 2.24) is 10.1 Å². The molecule has 1 fully saturated rings. The number of aliphatic hydroxyl groups is 1. The van der Waals surface area contributed by atoms with E-state index in [-0.39, 0.29) is 12.0 Å². The molecule has 6 heteroatoms. The molecule has 1 saturated carbocycles. The number of aromatic nitrogens is 2. The number of hydrogen-bond donors (Lipinski definition) is 2. The summed E-state index contributed by atoms with van der Waals surface area (Å²) in [5.74, 6) is 1.28. The average Bonchev–Trinajstić information content (AvgIpc) is 2.94. The van der Waals surface area contributed by atoms with Crippen molar-refractivity contribution in [2.45, 2.75) is 64.2 Å². The lowest BCUT2D eigenvalue weighted by atomic mass is 9.85. The van der Waals surface area contributed by atoms with Crippen LogP contribution in [0.3, 0.4) is 0 Å². The summed E-state index contributed by atoms with van der Waals surface area (Å²) in [7, 11) is 0. The summed E-state index contributed by atoms with van der Waals surface area (Å²) in [4.78, 5) is 4.34. The van der Waals surface area contributed by atoms with Crippen molar-refractivity contribution in [3.8, 4) is 0 Å². The Morgan fingerprint density at radius 3 is 2.70 bits per heavy atom. The Morgan fingerprint density at radius 1 is 1.40 bits per heavy atom. The van der Waals surface area contributed by atoms with Crippen LogP contribution in [-0.4, -0.2) is 28.0 Å². The molecule has 1 heterocycles. The summed E-state index contributed by atoms with van der Waals surface area (Å²) in [6, 6.07) is -0.648. The van der Waals surface area contributed by atoms with Crippen molar-refractivity contribution in [3.05, 3.63) is 11.7 Å². The molecular weight excluding hydrogens is 258 g/mol. The van der Waals surface area contributed by atoms with Crippen LogP contribution in [0.4, 0.5) is 0 Å². The van der Waals surface area contributed by atoms with E-state index in [0.29, 0.717) is 18.3 Å². The van der Waals surface area contributed by atoms with Crippen LogP contribution in [-0.2, 0) is 4.74 Å². The minimum atomic E-state index is -0.719. The van der Waals surface area contributed by atoms with Gasteiger partial charge >= 0.3 is 0 Å². The molecule has 6 nitrogen and oxygen atoms in total. The predicted octanol–water partition coefficient (Wildman–Crippen LogP) is 2.11. The fourth-order valence-corrected chi connectivity index (χ4v) is 2.74. The zero-order valence-electron chi connectivity index (χ0n) is 12.3. The van der Waals surface area contributed by atoms with Crippen molar-refractivity contribution < 1.29 is 14.4 Å². The monoisotopic (exact) mass is 283 g/mol. The normalized spacial score (nSPS) is 21.6. The Morgan fingerprint density at radius 2 is 2.10 bits per heavy atom. The average molecular weight is 283 g/mol. The van der Waals surface area contributed by atoms with Crippen molar-refractivity contribution in [2.24, 2.45) is 11.7 Å². The van der Waals surface area contributed by atoms with Crippen molar-refractivity contribution in [1.29, 1.82) is 0 Å². The molecule has 0 amide bonds. The highest BCUT2D eigenvalue weighted by Gasteiger charge is 2.30. The molecule has 0 radical (unpaired) electrons. The summed E-state index contributed by atoms with van der Waals surface area (Å²) in [5.41, 5.74) is 5.82. The molecule has 114 valence electrons. The maximum Gasteiger partial charge on any atom is 0.246 e. The molecule has 0 aromatic carbocycles. The third-order valence-electron chi connectivity index (χ3n) is 3.94. The summed E-state index contributed by atoms with van der Waals surface area (Å²) in [6.07, 6.45) is 5.17. The third kappa shape index (κ3) is 3.56. The number of aliphatic hydroxyl groups excluding tert-OH is 1. The molecule has 3 N–H and O–H groups in total. The van der Waals surface area contributed by atoms with Gasteiger partial charge in [-0.3, -0.25) is 0 Å². The molecule has 0 saturated heterocycles. The molecule has 0 aliphatic heterocycles. The van der Waals surface area contributed by atoms with Crippen LogP contribution in [0.5, 0.6) is 0 Å². The number of rotatable bonds is 6. The largest absolute Gasteiger partial charge is 0.391 e. The molecule has 0 bridgehead atoms. The molecular formula is C14H25N3O3. The Kier molecular flexibility index (Phi) is 5.51. The van der Waals surface area contributed by atoms with Crippen LogP contribution in [0, 0.1) is 5.92 Å². The lowest BCUT2D eigenvalue weighted by Crippen LogP contribution is -2.24. The number of nitrogens with two attached hydrogens (primary N) is 1. The van der Waals surface area contributed by atoms with E-state index in [0.717, 1.165) is 12.8 Å². The van der Waals surface area contributed by atoms with Gasteiger partial charge in [-0.1, -0.05) is 24.4 Å². The summed E-state index contributed by atoms with van der Waals surface area (Å²) in [6.45, 7) is 4.20. The first-order chi connectivity index (χ1) is 9.63. The van der Waals surface area contributed by atoms with Crippen molar-refractivity contribution in [2.75, 3.05) is 6.61 Å². The van der Waals surface area contributed by atoms with E-state index in [1.807, 2.05) is 6.92 Å². The molecule has 1 aliphatic carbocycles. The first kappa shape index (κ1) is 15.4. The zero-order valence-corrected chi connectivity index (χ0v) is 12.3. The molecule has 20 heavy (non-hydrogen) atoms. The van der Waals surface area contributed by atoms with E-state index >= 15 is 0 Å². The number of nitrogens with zero attached hydrogens (tertiary/aromatic N) is 2. The highest BCUT2D eigenvalue weighted by atomic mass is 16.5. The van der Waals surface area contributed by atoms with E-state index in [4.69, 9.17) is 15.0 Å². The van der Waals surface area contributed by atoms with Gasteiger partial charge in [-0.25, -0.2) is 0 Å². The SMILES string of the molecule is CCOC(c1noc(C(N)C(C)O)n1)C1CCCCC1. The minimum Gasteiger partial charge on any atom is -0.391 e. The fraction of sp³-hybridized carbons (Fsp3) is 0.857. The zero-order chi connectivity index (χ0) is 14.5. The van der Waals surface area contributed by atoms with Gasteiger partial charge in [0.2, 0.25) is 11.7 Å². The molecule has 2 rings (SSSR count). The lowest BCUT2D eigenvalue weighted by molar-refractivity contribution is -0.00145. The highest BCUT2D eigenvalue weighted by molar-refractivity contribution is 4.98. The van der Waals surface area contributed by atoms with Gasteiger partial charge in [-0.15, -0.1) is 0 Å². The fourth-order valence-electron chi connectivity index (χ4n) is 2.74. The first-order valence-electron chi connectivity index (χ1n) is 7.52. The van der Waals surface area contributed by atoms with Crippen LogP contribution in [0.25, 0.3) is 0 Å². The van der Waals surface area contributed by atoms with Crippen molar-refractivity contribution in [3.63, 3.8) is 0 Å². The highest BCUT2D eigenvalue weighted by Crippen LogP contribution is 2.36. The summed E-state index contributed by atoms with van der Waals surface area (Å²) < 4.78 is 11.0. The van der Waals surface area contributed by atoms with Gasteiger partial charge in [0.05, 0.1) is 6.10 Å². The smallest absolute Gasteiger partial charge is 0.246 e. The second-order valence-corrected chi connectivity index (χ2v) is 5.53. The Hall–Kier alpha value is -0.980. The van der Waals surface area contributed by atoms with E-state index in [2.05, 4.69) is 10.1 Å². The van der Waals surface area contributed by atoms with Crippen molar-refractivity contribution >= 4 is 0 Å². The molecule has 1 aromatic rings. The van der Waals surface area contributed by atoms with E-state index in [9.17, 15) is 5.11 Å². The van der Waals surface area contributed by atoms with Crippen LogP contribution in [0.1, 0.15) is 69.8 Å². The molecule has 1 aromatic heterocycles. The van der Waals surface area contributed by atoms with E-state index in [1.165, 1.54) is 19.3 Å². The van der Waals surface area contributed by atoms with Crippen LogP contribution in [0.2, 0.25) is 0 Å². The quantitative estimate of drug-likeness (QED) is 0.830. The number of ether oxygens (including phenoxy) is 1. The standard InChI is InChI=1S/C14H25N3O3/c1-3-19-12(10-7-5-4-6-8-10)13-16-14(20-17-13)11(15)9(2)18/h9-12,18H,3-8,15H2,1-2H3.